The van der Waals surface area contributed by atoms with Crippen LogP contribution in [0.2, 0.25) is 0 Å². The van der Waals surface area contributed by atoms with Gasteiger partial charge in [0.1, 0.15) is 12.1 Å². The standard InChI is InChI=1S/C22H22N4O/c1-17-7-5-6-10-19(17)20-15-21(24-16-23-20)25-11-13-26(14-12-25)22(27)18-8-3-2-4-9-18/h2-10,15-16H,11-14H2,1H3. The predicted octanol–water partition coefficient (Wildman–Crippen LogP) is 3.41. The van der Waals surface area contributed by atoms with Crippen LogP contribution in [0.15, 0.2) is 67.0 Å². The molecule has 5 nitrogen and oxygen atoms in total. The number of carbonyl (C=O) groups is 1. The van der Waals surface area contributed by atoms with Crippen molar-refractivity contribution in [2.75, 3.05) is 31.1 Å². The quantitative estimate of drug-likeness (QED) is 0.720. The smallest absolute Gasteiger partial charge is 0.253 e. The minimum absolute atomic E-state index is 0.0959. The lowest BCUT2D eigenvalue weighted by Gasteiger charge is -2.35. The Morgan fingerprint density at radius 1 is 0.889 bits per heavy atom. The largest absolute Gasteiger partial charge is 0.353 e. The Bertz CT molecular complexity index is 934. The van der Waals surface area contributed by atoms with Crippen molar-refractivity contribution in [3.05, 3.63) is 78.1 Å². The molecule has 0 N–H and O–H groups in total. The van der Waals surface area contributed by atoms with Gasteiger partial charge in [0.2, 0.25) is 0 Å². The Hall–Kier alpha value is -3.21. The van der Waals surface area contributed by atoms with E-state index in [1.54, 1.807) is 6.33 Å². The topological polar surface area (TPSA) is 49.3 Å². The Labute approximate surface area is 159 Å². The number of aromatic nitrogens is 2. The van der Waals surface area contributed by atoms with Gasteiger partial charge in [0.25, 0.3) is 5.91 Å². The van der Waals surface area contributed by atoms with Crippen LogP contribution >= 0.6 is 0 Å². The molecule has 0 unspecified atom stereocenters. The Balaban J connectivity index is 1.47. The van der Waals surface area contributed by atoms with Crippen LogP contribution in [0, 0.1) is 6.92 Å². The summed E-state index contributed by atoms with van der Waals surface area (Å²) >= 11 is 0. The molecule has 27 heavy (non-hydrogen) atoms. The van der Waals surface area contributed by atoms with Crippen LogP contribution in [0.3, 0.4) is 0 Å². The second-order valence-electron chi connectivity index (χ2n) is 6.72. The number of aryl methyl sites for hydroxylation is 1. The number of hydrogen-bond acceptors (Lipinski definition) is 4. The van der Waals surface area contributed by atoms with Crippen molar-refractivity contribution in [1.82, 2.24) is 14.9 Å². The third kappa shape index (κ3) is 3.67. The third-order valence-electron chi connectivity index (χ3n) is 4.99. The molecule has 0 bridgehead atoms. The molecule has 0 spiro atoms. The number of anilines is 1. The predicted molar refractivity (Wildman–Crippen MR) is 107 cm³/mol. The highest BCUT2D eigenvalue weighted by molar-refractivity contribution is 5.94. The fourth-order valence-electron chi connectivity index (χ4n) is 3.43. The molecule has 1 saturated heterocycles. The summed E-state index contributed by atoms with van der Waals surface area (Å²) in [5.41, 5.74) is 4.00. The summed E-state index contributed by atoms with van der Waals surface area (Å²) in [6, 6.07) is 19.7. The van der Waals surface area contributed by atoms with Crippen LogP contribution in [-0.4, -0.2) is 47.0 Å². The maximum Gasteiger partial charge on any atom is 0.253 e. The molecule has 1 aromatic heterocycles. The minimum Gasteiger partial charge on any atom is -0.353 e. The van der Waals surface area contributed by atoms with E-state index in [0.29, 0.717) is 13.1 Å². The van der Waals surface area contributed by atoms with Gasteiger partial charge in [-0.25, -0.2) is 9.97 Å². The zero-order valence-electron chi connectivity index (χ0n) is 15.4. The van der Waals surface area contributed by atoms with E-state index < -0.39 is 0 Å². The first-order valence-corrected chi connectivity index (χ1v) is 9.20. The molecule has 5 heteroatoms. The van der Waals surface area contributed by atoms with E-state index in [-0.39, 0.29) is 5.91 Å². The average molecular weight is 358 g/mol. The summed E-state index contributed by atoms with van der Waals surface area (Å²) < 4.78 is 0. The van der Waals surface area contributed by atoms with Crippen molar-refractivity contribution in [1.29, 1.82) is 0 Å². The molecule has 4 rings (SSSR count). The number of amides is 1. The van der Waals surface area contributed by atoms with Gasteiger partial charge in [0.15, 0.2) is 0 Å². The first-order valence-electron chi connectivity index (χ1n) is 9.20. The molecule has 1 aliphatic rings. The molecular formula is C22H22N4O. The van der Waals surface area contributed by atoms with Gasteiger partial charge in [0, 0.05) is 43.4 Å². The molecule has 0 saturated carbocycles. The van der Waals surface area contributed by atoms with Crippen molar-refractivity contribution in [2.45, 2.75) is 6.92 Å². The SMILES string of the molecule is Cc1ccccc1-c1cc(N2CCN(C(=O)c3ccccc3)CC2)ncn1. The Morgan fingerprint density at radius 3 is 2.33 bits per heavy atom. The van der Waals surface area contributed by atoms with Crippen molar-refractivity contribution < 1.29 is 4.79 Å². The van der Waals surface area contributed by atoms with Gasteiger partial charge in [-0.05, 0) is 24.6 Å². The second kappa shape index (κ2) is 7.58. The summed E-state index contributed by atoms with van der Waals surface area (Å²) in [4.78, 5) is 25.6. The lowest BCUT2D eigenvalue weighted by molar-refractivity contribution is 0.0746. The van der Waals surface area contributed by atoms with Crippen LogP contribution in [-0.2, 0) is 0 Å². The summed E-state index contributed by atoms with van der Waals surface area (Å²) in [5.74, 6) is 1.01. The van der Waals surface area contributed by atoms with Crippen LogP contribution in [0.1, 0.15) is 15.9 Å². The van der Waals surface area contributed by atoms with Gasteiger partial charge < -0.3 is 9.80 Å². The lowest BCUT2D eigenvalue weighted by Crippen LogP contribution is -2.49. The van der Waals surface area contributed by atoms with Gasteiger partial charge in [-0.15, -0.1) is 0 Å². The number of rotatable bonds is 3. The van der Waals surface area contributed by atoms with Gasteiger partial charge in [-0.1, -0.05) is 42.5 Å². The first-order chi connectivity index (χ1) is 13.2. The van der Waals surface area contributed by atoms with Crippen LogP contribution in [0.5, 0.6) is 0 Å². The Morgan fingerprint density at radius 2 is 1.59 bits per heavy atom. The zero-order chi connectivity index (χ0) is 18.6. The van der Waals surface area contributed by atoms with Crippen molar-refractivity contribution in [2.24, 2.45) is 0 Å². The molecule has 0 radical (unpaired) electrons. The van der Waals surface area contributed by atoms with E-state index in [1.165, 1.54) is 5.56 Å². The fourth-order valence-corrected chi connectivity index (χ4v) is 3.43. The molecule has 136 valence electrons. The highest BCUT2D eigenvalue weighted by atomic mass is 16.2. The van der Waals surface area contributed by atoms with Gasteiger partial charge >= 0.3 is 0 Å². The fraction of sp³-hybridized carbons (Fsp3) is 0.227. The van der Waals surface area contributed by atoms with Crippen molar-refractivity contribution in [3.63, 3.8) is 0 Å². The number of hydrogen-bond donors (Lipinski definition) is 0. The first kappa shape index (κ1) is 17.2. The van der Waals surface area contributed by atoms with Gasteiger partial charge in [0.05, 0.1) is 5.69 Å². The molecule has 2 heterocycles. The average Bonchev–Trinajstić information content (AvgIpc) is 2.74. The Kier molecular flexibility index (Phi) is 4.83. The van der Waals surface area contributed by atoms with Crippen LogP contribution in [0.25, 0.3) is 11.3 Å². The highest BCUT2D eigenvalue weighted by Crippen LogP contribution is 2.24. The third-order valence-corrected chi connectivity index (χ3v) is 4.99. The summed E-state index contributed by atoms with van der Waals surface area (Å²) in [5, 5.41) is 0. The molecule has 1 amide bonds. The molecular weight excluding hydrogens is 336 g/mol. The summed E-state index contributed by atoms with van der Waals surface area (Å²) in [6.07, 6.45) is 1.62. The number of nitrogens with zero attached hydrogens (tertiary/aromatic N) is 4. The lowest BCUT2D eigenvalue weighted by atomic mass is 10.1. The number of piperazine rings is 1. The van der Waals surface area contributed by atoms with Crippen LogP contribution < -0.4 is 4.90 Å². The highest BCUT2D eigenvalue weighted by Gasteiger charge is 2.23. The number of benzene rings is 2. The molecule has 1 fully saturated rings. The summed E-state index contributed by atoms with van der Waals surface area (Å²) in [7, 11) is 0. The monoisotopic (exact) mass is 358 g/mol. The molecule has 0 atom stereocenters. The van der Waals surface area contributed by atoms with Gasteiger partial charge in [-0.3, -0.25) is 4.79 Å². The van der Waals surface area contributed by atoms with E-state index >= 15 is 0 Å². The van der Waals surface area contributed by atoms with E-state index in [1.807, 2.05) is 53.4 Å². The number of carbonyl (C=O) groups excluding carboxylic acids is 1. The van der Waals surface area contributed by atoms with Crippen LogP contribution in [0.4, 0.5) is 5.82 Å². The van der Waals surface area contributed by atoms with E-state index in [0.717, 1.165) is 35.7 Å². The molecule has 0 aliphatic carbocycles. The maximum atomic E-state index is 12.6. The molecule has 2 aromatic carbocycles. The van der Waals surface area contributed by atoms with E-state index in [9.17, 15) is 4.79 Å². The van der Waals surface area contributed by atoms with Crippen molar-refractivity contribution in [3.8, 4) is 11.3 Å². The summed E-state index contributed by atoms with van der Waals surface area (Å²) in [6.45, 7) is 5.01. The zero-order valence-corrected chi connectivity index (χ0v) is 15.4. The van der Waals surface area contributed by atoms with E-state index in [4.69, 9.17) is 0 Å². The molecule has 3 aromatic rings. The second-order valence-corrected chi connectivity index (χ2v) is 6.72. The maximum absolute atomic E-state index is 12.6. The molecule has 1 aliphatic heterocycles. The normalized spacial score (nSPS) is 14.3. The van der Waals surface area contributed by atoms with E-state index in [2.05, 4.69) is 33.9 Å². The minimum atomic E-state index is 0.0959. The van der Waals surface area contributed by atoms with Crippen molar-refractivity contribution >= 4 is 11.7 Å². The van der Waals surface area contributed by atoms with Gasteiger partial charge in [-0.2, -0.15) is 0 Å².